The zero-order chi connectivity index (χ0) is 14.3. The summed E-state index contributed by atoms with van der Waals surface area (Å²) in [5, 5.41) is 3.44. The van der Waals surface area contributed by atoms with Crippen LogP contribution in [0.25, 0.3) is 0 Å². The summed E-state index contributed by atoms with van der Waals surface area (Å²) in [5.41, 5.74) is 1.16. The first-order valence-electron chi connectivity index (χ1n) is 7.32. The van der Waals surface area contributed by atoms with E-state index >= 15 is 0 Å². The Labute approximate surface area is 129 Å². The largest absolute Gasteiger partial charge is 0.487 e. The van der Waals surface area contributed by atoms with E-state index in [0.29, 0.717) is 6.04 Å². The van der Waals surface area contributed by atoms with Crippen molar-refractivity contribution < 1.29 is 9.47 Å². The maximum atomic E-state index is 6.46. The minimum Gasteiger partial charge on any atom is -0.487 e. The first-order chi connectivity index (χ1) is 9.51. The maximum absolute atomic E-state index is 6.46. The third-order valence-electron chi connectivity index (χ3n) is 4.39. The van der Waals surface area contributed by atoms with Gasteiger partial charge in [-0.15, -0.1) is 0 Å². The van der Waals surface area contributed by atoms with E-state index in [1.807, 2.05) is 7.05 Å². The lowest BCUT2D eigenvalue weighted by atomic mass is 9.78. The van der Waals surface area contributed by atoms with Gasteiger partial charge in [-0.2, -0.15) is 0 Å². The van der Waals surface area contributed by atoms with Crippen LogP contribution in [0.2, 0.25) is 0 Å². The Kier molecular flexibility index (Phi) is 3.82. The zero-order valence-corrected chi connectivity index (χ0v) is 13.9. The monoisotopic (exact) mass is 339 g/mol. The highest BCUT2D eigenvalue weighted by molar-refractivity contribution is 9.10. The lowest BCUT2D eigenvalue weighted by Gasteiger charge is -2.47. The van der Waals surface area contributed by atoms with Crippen LogP contribution in [-0.4, -0.2) is 24.9 Å². The van der Waals surface area contributed by atoms with Gasteiger partial charge in [-0.1, -0.05) is 22.0 Å². The molecule has 110 valence electrons. The summed E-state index contributed by atoms with van der Waals surface area (Å²) in [6.07, 6.45) is 3.44. The average Bonchev–Trinajstić information content (AvgIpc) is 2.35. The number of hydrogen-bond acceptors (Lipinski definition) is 3. The molecule has 2 heterocycles. The average molecular weight is 340 g/mol. The van der Waals surface area contributed by atoms with Crippen molar-refractivity contribution >= 4 is 15.9 Å². The molecule has 0 bridgehead atoms. The highest BCUT2D eigenvalue weighted by atomic mass is 79.9. The molecule has 2 aliphatic heterocycles. The van der Waals surface area contributed by atoms with Crippen LogP contribution in [0.1, 0.15) is 44.7 Å². The fraction of sp³-hybridized carbons (Fsp3) is 0.625. The number of halogens is 1. The molecule has 0 radical (unpaired) electrons. The van der Waals surface area contributed by atoms with Crippen molar-refractivity contribution in [3.8, 4) is 5.75 Å². The Bertz CT molecular complexity index is 495. The number of fused-ring (bicyclic) bond motifs is 1. The van der Waals surface area contributed by atoms with Crippen molar-refractivity contribution in [3.63, 3.8) is 0 Å². The summed E-state index contributed by atoms with van der Waals surface area (Å²) in [6.45, 7) is 4.29. The predicted octanol–water partition coefficient (Wildman–Crippen LogP) is 3.82. The van der Waals surface area contributed by atoms with Crippen LogP contribution in [0, 0.1) is 0 Å². The van der Waals surface area contributed by atoms with Crippen molar-refractivity contribution in [2.45, 2.75) is 57.0 Å². The molecule has 0 amide bonds. The number of rotatable bonds is 1. The molecule has 1 fully saturated rings. The standard InChI is InChI=1S/C16H22BrNO2/c1-10-7-16(8-11(2)19-10)9-14(18-3)13-5-4-12(17)6-15(13)20-16/h4-6,10-11,14,18H,7-9H2,1-3H3. The van der Waals surface area contributed by atoms with Gasteiger partial charge in [0, 0.05) is 35.3 Å². The van der Waals surface area contributed by atoms with Crippen molar-refractivity contribution in [2.24, 2.45) is 0 Å². The van der Waals surface area contributed by atoms with Gasteiger partial charge in [-0.25, -0.2) is 0 Å². The number of ether oxygens (including phenoxy) is 2. The smallest absolute Gasteiger partial charge is 0.126 e. The first-order valence-corrected chi connectivity index (χ1v) is 8.12. The van der Waals surface area contributed by atoms with Gasteiger partial charge in [0.1, 0.15) is 11.4 Å². The number of hydrogen-bond donors (Lipinski definition) is 1. The summed E-state index contributed by atoms with van der Waals surface area (Å²) >= 11 is 3.54. The molecule has 4 heteroatoms. The van der Waals surface area contributed by atoms with E-state index in [-0.39, 0.29) is 17.8 Å². The minimum absolute atomic E-state index is 0.0987. The second-order valence-corrected chi connectivity index (χ2v) is 7.09. The molecule has 1 aromatic rings. The van der Waals surface area contributed by atoms with Gasteiger partial charge in [-0.3, -0.25) is 0 Å². The van der Waals surface area contributed by atoms with Crippen LogP contribution in [0.3, 0.4) is 0 Å². The highest BCUT2D eigenvalue weighted by Gasteiger charge is 2.45. The fourth-order valence-electron chi connectivity index (χ4n) is 3.77. The molecular formula is C16H22BrNO2. The number of benzene rings is 1. The van der Waals surface area contributed by atoms with Gasteiger partial charge in [0.05, 0.1) is 12.2 Å². The van der Waals surface area contributed by atoms with Crippen LogP contribution in [0.4, 0.5) is 0 Å². The maximum Gasteiger partial charge on any atom is 0.126 e. The van der Waals surface area contributed by atoms with Gasteiger partial charge in [0.25, 0.3) is 0 Å². The third kappa shape index (κ3) is 2.61. The SMILES string of the molecule is CNC1CC2(CC(C)OC(C)C2)Oc2cc(Br)ccc21. The van der Waals surface area contributed by atoms with Crippen molar-refractivity contribution in [3.05, 3.63) is 28.2 Å². The van der Waals surface area contributed by atoms with Crippen LogP contribution < -0.4 is 10.1 Å². The molecule has 1 aromatic carbocycles. The highest BCUT2D eigenvalue weighted by Crippen LogP contribution is 2.46. The van der Waals surface area contributed by atoms with Crippen molar-refractivity contribution in [1.82, 2.24) is 5.32 Å². The Morgan fingerprint density at radius 3 is 2.55 bits per heavy atom. The molecule has 3 atom stereocenters. The van der Waals surface area contributed by atoms with Gasteiger partial charge in [0.15, 0.2) is 0 Å². The molecule has 3 nitrogen and oxygen atoms in total. The van der Waals surface area contributed by atoms with Crippen molar-refractivity contribution in [2.75, 3.05) is 7.05 Å². The molecular weight excluding hydrogens is 318 g/mol. The Morgan fingerprint density at radius 1 is 1.20 bits per heavy atom. The van der Waals surface area contributed by atoms with Gasteiger partial charge in [-0.05, 0) is 33.0 Å². The number of nitrogens with one attached hydrogen (secondary N) is 1. The normalized spacial score (nSPS) is 36.5. The summed E-state index contributed by atoms with van der Waals surface area (Å²) < 4.78 is 13.4. The Morgan fingerprint density at radius 2 is 1.90 bits per heavy atom. The van der Waals surface area contributed by atoms with E-state index in [1.165, 1.54) is 5.56 Å². The molecule has 1 spiro atoms. The molecule has 0 aliphatic carbocycles. The van der Waals surface area contributed by atoms with Gasteiger partial charge in [0.2, 0.25) is 0 Å². The van der Waals surface area contributed by atoms with Crippen LogP contribution in [0.5, 0.6) is 5.75 Å². The first kappa shape index (κ1) is 14.4. The Hall–Kier alpha value is -0.580. The fourth-order valence-corrected chi connectivity index (χ4v) is 4.11. The summed E-state index contributed by atoms with van der Waals surface area (Å²) in [5.74, 6) is 1.01. The van der Waals surface area contributed by atoms with Crippen LogP contribution >= 0.6 is 15.9 Å². The molecule has 3 rings (SSSR count). The third-order valence-corrected chi connectivity index (χ3v) is 4.88. The van der Waals surface area contributed by atoms with E-state index < -0.39 is 0 Å². The molecule has 0 aromatic heterocycles. The quantitative estimate of drug-likeness (QED) is 0.843. The molecule has 1 N–H and O–H groups in total. The zero-order valence-electron chi connectivity index (χ0n) is 12.3. The second kappa shape index (κ2) is 5.32. The summed E-state index contributed by atoms with van der Waals surface area (Å²) in [4.78, 5) is 0. The van der Waals surface area contributed by atoms with E-state index in [2.05, 4.69) is 53.3 Å². The minimum atomic E-state index is -0.0987. The van der Waals surface area contributed by atoms with Crippen LogP contribution in [-0.2, 0) is 4.74 Å². The van der Waals surface area contributed by atoms with Crippen LogP contribution in [0.15, 0.2) is 22.7 Å². The topological polar surface area (TPSA) is 30.5 Å². The second-order valence-electron chi connectivity index (χ2n) is 6.18. The van der Waals surface area contributed by atoms with E-state index in [4.69, 9.17) is 9.47 Å². The molecule has 3 unspecified atom stereocenters. The molecule has 2 aliphatic rings. The summed E-state index contributed by atoms with van der Waals surface area (Å²) in [7, 11) is 2.03. The van der Waals surface area contributed by atoms with Crippen molar-refractivity contribution in [1.29, 1.82) is 0 Å². The van der Waals surface area contributed by atoms with E-state index in [1.54, 1.807) is 0 Å². The molecule has 20 heavy (non-hydrogen) atoms. The van der Waals surface area contributed by atoms with Gasteiger partial charge < -0.3 is 14.8 Å². The Balaban J connectivity index is 1.97. The van der Waals surface area contributed by atoms with Gasteiger partial charge >= 0.3 is 0 Å². The predicted molar refractivity (Wildman–Crippen MR) is 83.2 cm³/mol. The lowest BCUT2D eigenvalue weighted by molar-refractivity contribution is -0.130. The molecule has 0 saturated carbocycles. The van der Waals surface area contributed by atoms with E-state index in [0.717, 1.165) is 29.5 Å². The lowest BCUT2D eigenvalue weighted by Crippen LogP contribution is -2.51. The molecule has 1 saturated heterocycles. The van der Waals surface area contributed by atoms with E-state index in [9.17, 15) is 0 Å². The summed E-state index contributed by atoms with van der Waals surface area (Å²) in [6, 6.07) is 6.68.